The molecule has 0 radical (unpaired) electrons. The molecule has 0 aliphatic carbocycles. The Morgan fingerprint density at radius 3 is 1.06 bits per heavy atom. The van der Waals surface area contributed by atoms with Gasteiger partial charge in [0.1, 0.15) is 23.0 Å². The predicted octanol–water partition coefficient (Wildman–Crippen LogP) is 9.57. The zero-order chi connectivity index (χ0) is 23.0. The first kappa shape index (κ1) is 22.2. The van der Waals surface area contributed by atoms with Crippen molar-refractivity contribution in [2.45, 2.75) is 19.6 Å². The highest BCUT2D eigenvalue weighted by Crippen LogP contribution is 2.44. The van der Waals surface area contributed by atoms with E-state index in [1.165, 1.54) is 0 Å². The van der Waals surface area contributed by atoms with Crippen LogP contribution in [0.3, 0.4) is 0 Å². The highest BCUT2D eigenvalue weighted by molar-refractivity contribution is 8.02. The number of para-hydroxylation sites is 4. The molecule has 0 bridgehead atoms. The molecule has 34 heavy (non-hydrogen) atoms. The fourth-order valence-corrected chi connectivity index (χ4v) is 5.39. The summed E-state index contributed by atoms with van der Waals surface area (Å²) in [6, 6.07) is 44.5. The zero-order valence-electron chi connectivity index (χ0n) is 18.3. The maximum absolute atomic E-state index is 6.18. The van der Waals surface area contributed by atoms with Gasteiger partial charge in [0.25, 0.3) is 0 Å². The van der Waals surface area contributed by atoms with Gasteiger partial charge in [-0.1, -0.05) is 96.3 Å². The standard InChI is InChI=1S/C30H22O2S2/c1-3-13-23(14-4-1)31-25-17-7-9-19-27(25)33-29-21-11-12-22-30(29)34-28-20-10-8-18-26(28)32-24-15-5-2-6-16-24/h1-22H. The van der Waals surface area contributed by atoms with Crippen LogP contribution in [0.5, 0.6) is 23.0 Å². The third-order valence-corrected chi connectivity index (χ3v) is 7.32. The van der Waals surface area contributed by atoms with Gasteiger partial charge in [0.2, 0.25) is 0 Å². The molecule has 0 amide bonds. The molecular weight excluding hydrogens is 456 g/mol. The van der Waals surface area contributed by atoms with Gasteiger partial charge in [-0.25, -0.2) is 0 Å². The summed E-state index contributed by atoms with van der Waals surface area (Å²) in [6.45, 7) is 0. The van der Waals surface area contributed by atoms with E-state index in [2.05, 4.69) is 36.4 Å². The third kappa shape index (κ3) is 5.66. The molecule has 2 nitrogen and oxygen atoms in total. The van der Waals surface area contributed by atoms with E-state index in [-0.39, 0.29) is 0 Å². The molecular formula is C30H22O2S2. The minimum atomic E-state index is 0.824. The largest absolute Gasteiger partial charge is 0.456 e. The Morgan fingerprint density at radius 2 is 0.647 bits per heavy atom. The van der Waals surface area contributed by atoms with E-state index in [0.29, 0.717) is 0 Å². The van der Waals surface area contributed by atoms with Gasteiger partial charge in [-0.05, 0) is 60.7 Å². The van der Waals surface area contributed by atoms with Gasteiger partial charge in [-0.2, -0.15) is 0 Å². The summed E-state index contributed by atoms with van der Waals surface area (Å²) in [5.74, 6) is 3.33. The van der Waals surface area contributed by atoms with Gasteiger partial charge in [-0.15, -0.1) is 0 Å². The van der Waals surface area contributed by atoms with Crippen molar-refractivity contribution in [3.63, 3.8) is 0 Å². The summed E-state index contributed by atoms with van der Waals surface area (Å²) in [6.07, 6.45) is 0. The molecule has 5 aromatic carbocycles. The average Bonchev–Trinajstić information content (AvgIpc) is 2.89. The first-order chi connectivity index (χ1) is 16.8. The van der Waals surface area contributed by atoms with E-state index in [1.807, 2.05) is 97.1 Å². The average molecular weight is 479 g/mol. The molecule has 166 valence electrons. The Bertz CT molecular complexity index is 1250. The van der Waals surface area contributed by atoms with E-state index in [0.717, 1.165) is 42.6 Å². The molecule has 4 heteroatoms. The van der Waals surface area contributed by atoms with E-state index < -0.39 is 0 Å². The van der Waals surface area contributed by atoms with Gasteiger partial charge in [0.15, 0.2) is 0 Å². The van der Waals surface area contributed by atoms with Gasteiger partial charge >= 0.3 is 0 Å². The monoisotopic (exact) mass is 478 g/mol. The van der Waals surface area contributed by atoms with Crippen LogP contribution in [0.25, 0.3) is 0 Å². The Kier molecular flexibility index (Phi) is 7.19. The van der Waals surface area contributed by atoms with Crippen LogP contribution >= 0.6 is 23.5 Å². The molecule has 0 fully saturated rings. The topological polar surface area (TPSA) is 18.5 Å². The van der Waals surface area contributed by atoms with Crippen LogP contribution in [0.2, 0.25) is 0 Å². The van der Waals surface area contributed by atoms with Crippen molar-refractivity contribution in [3.8, 4) is 23.0 Å². The Labute approximate surface area is 208 Å². The molecule has 0 atom stereocenters. The molecule has 5 rings (SSSR count). The van der Waals surface area contributed by atoms with Crippen molar-refractivity contribution in [2.75, 3.05) is 0 Å². The van der Waals surface area contributed by atoms with E-state index in [1.54, 1.807) is 23.5 Å². The van der Waals surface area contributed by atoms with Crippen molar-refractivity contribution in [3.05, 3.63) is 133 Å². The minimum Gasteiger partial charge on any atom is -0.456 e. The molecule has 0 saturated carbocycles. The summed E-state index contributed by atoms with van der Waals surface area (Å²) in [5, 5.41) is 0. The molecule has 5 aromatic rings. The number of rotatable bonds is 8. The quantitative estimate of drug-likeness (QED) is 0.221. The van der Waals surface area contributed by atoms with Gasteiger partial charge < -0.3 is 9.47 Å². The summed E-state index contributed by atoms with van der Waals surface area (Å²) >= 11 is 3.41. The molecule has 0 aliphatic heterocycles. The van der Waals surface area contributed by atoms with Crippen LogP contribution in [0.4, 0.5) is 0 Å². The summed E-state index contributed by atoms with van der Waals surface area (Å²) < 4.78 is 12.4. The molecule has 0 saturated heterocycles. The SMILES string of the molecule is c1ccc(Oc2ccccc2Sc2ccccc2Sc2ccccc2Oc2ccccc2)cc1. The normalized spacial score (nSPS) is 10.6. The smallest absolute Gasteiger partial charge is 0.141 e. The zero-order valence-corrected chi connectivity index (χ0v) is 20.0. The summed E-state index contributed by atoms with van der Waals surface area (Å²) in [5.41, 5.74) is 0. The second-order valence-electron chi connectivity index (χ2n) is 7.37. The number of hydrogen-bond donors (Lipinski definition) is 0. The summed E-state index contributed by atoms with van der Waals surface area (Å²) in [7, 11) is 0. The fraction of sp³-hybridized carbons (Fsp3) is 0. The lowest BCUT2D eigenvalue weighted by molar-refractivity contribution is 0.470. The van der Waals surface area contributed by atoms with Crippen LogP contribution in [-0.4, -0.2) is 0 Å². The van der Waals surface area contributed by atoms with Crippen molar-refractivity contribution in [2.24, 2.45) is 0 Å². The molecule has 0 spiro atoms. The highest BCUT2D eigenvalue weighted by Gasteiger charge is 2.13. The maximum Gasteiger partial charge on any atom is 0.141 e. The van der Waals surface area contributed by atoms with Gasteiger partial charge in [0.05, 0.1) is 9.79 Å². The van der Waals surface area contributed by atoms with Crippen LogP contribution in [0.1, 0.15) is 0 Å². The minimum absolute atomic E-state index is 0.824. The van der Waals surface area contributed by atoms with Crippen molar-refractivity contribution in [1.29, 1.82) is 0 Å². The first-order valence-electron chi connectivity index (χ1n) is 10.9. The molecule has 0 heterocycles. The first-order valence-corrected chi connectivity index (χ1v) is 12.6. The van der Waals surface area contributed by atoms with Crippen LogP contribution in [-0.2, 0) is 0 Å². The highest BCUT2D eigenvalue weighted by atomic mass is 32.2. The van der Waals surface area contributed by atoms with Crippen LogP contribution in [0, 0.1) is 0 Å². The number of benzene rings is 5. The van der Waals surface area contributed by atoms with Crippen molar-refractivity contribution in [1.82, 2.24) is 0 Å². The lowest BCUT2D eigenvalue weighted by atomic mass is 10.3. The van der Waals surface area contributed by atoms with E-state index >= 15 is 0 Å². The number of ether oxygens (including phenoxy) is 2. The third-order valence-electron chi connectivity index (χ3n) is 4.93. The van der Waals surface area contributed by atoms with Gasteiger partial charge in [0, 0.05) is 9.79 Å². The fourth-order valence-electron chi connectivity index (χ4n) is 3.32. The predicted molar refractivity (Wildman–Crippen MR) is 141 cm³/mol. The van der Waals surface area contributed by atoms with Crippen molar-refractivity contribution >= 4 is 23.5 Å². The number of hydrogen-bond acceptors (Lipinski definition) is 4. The summed E-state index contributed by atoms with van der Waals surface area (Å²) in [4.78, 5) is 4.44. The molecule has 0 aromatic heterocycles. The van der Waals surface area contributed by atoms with Crippen LogP contribution in [0.15, 0.2) is 153 Å². The lowest BCUT2D eigenvalue weighted by Crippen LogP contribution is -1.88. The maximum atomic E-state index is 6.18. The Morgan fingerprint density at radius 1 is 0.324 bits per heavy atom. The molecule has 0 aliphatic rings. The van der Waals surface area contributed by atoms with E-state index in [4.69, 9.17) is 9.47 Å². The second-order valence-corrected chi connectivity index (χ2v) is 9.54. The molecule has 0 N–H and O–H groups in total. The Hall–Kier alpha value is -3.60. The van der Waals surface area contributed by atoms with Crippen LogP contribution < -0.4 is 9.47 Å². The van der Waals surface area contributed by atoms with E-state index in [9.17, 15) is 0 Å². The Balaban J connectivity index is 1.40. The lowest BCUT2D eigenvalue weighted by Gasteiger charge is -2.14. The molecule has 0 unspecified atom stereocenters. The van der Waals surface area contributed by atoms with Gasteiger partial charge in [-0.3, -0.25) is 0 Å². The van der Waals surface area contributed by atoms with Crippen molar-refractivity contribution < 1.29 is 9.47 Å². The second kappa shape index (κ2) is 11.0.